The predicted octanol–water partition coefficient (Wildman–Crippen LogP) is 2.82. The van der Waals surface area contributed by atoms with Gasteiger partial charge < -0.3 is 15.5 Å². The fraction of sp³-hybridized carbons (Fsp3) is 0.579. The molecule has 150 valence electrons. The van der Waals surface area contributed by atoms with Crippen LogP contribution >= 0.6 is 0 Å². The van der Waals surface area contributed by atoms with Crippen LogP contribution in [0.5, 0.6) is 0 Å². The van der Waals surface area contributed by atoms with Crippen molar-refractivity contribution in [2.75, 3.05) is 32.7 Å². The molecule has 2 rings (SSSR count). The summed E-state index contributed by atoms with van der Waals surface area (Å²) >= 11 is 0. The highest BCUT2D eigenvalue weighted by atomic mass is 19.4. The first-order valence-electron chi connectivity index (χ1n) is 9.36. The monoisotopic (exact) mass is 384 g/mol. The Hall–Kier alpha value is -2.25. The van der Waals surface area contributed by atoms with Crippen LogP contribution in [-0.4, -0.2) is 49.5 Å². The number of alkyl halides is 3. The number of carbonyl (C=O) groups excluding carboxylic acids is 1. The smallest absolute Gasteiger partial charge is 0.357 e. The van der Waals surface area contributed by atoms with E-state index < -0.39 is 11.7 Å². The Labute approximate surface area is 158 Å². The van der Waals surface area contributed by atoms with Crippen molar-refractivity contribution in [1.82, 2.24) is 15.5 Å². The number of benzene rings is 1. The van der Waals surface area contributed by atoms with E-state index in [4.69, 9.17) is 0 Å². The SMILES string of the molecule is CCNC(=NCC(=O)N1CCCCC1)NCCc1ccc(C(F)(F)F)cc1. The third-order valence-electron chi connectivity index (χ3n) is 4.41. The van der Waals surface area contributed by atoms with Gasteiger partial charge in [-0.05, 0) is 50.3 Å². The molecule has 0 aromatic heterocycles. The van der Waals surface area contributed by atoms with Gasteiger partial charge in [-0.2, -0.15) is 13.2 Å². The molecule has 8 heteroatoms. The minimum Gasteiger partial charge on any atom is -0.357 e. The molecule has 0 atom stereocenters. The summed E-state index contributed by atoms with van der Waals surface area (Å²) in [6.07, 6.45) is -0.506. The Balaban J connectivity index is 1.82. The van der Waals surface area contributed by atoms with Gasteiger partial charge in [-0.15, -0.1) is 0 Å². The summed E-state index contributed by atoms with van der Waals surface area (Å²) in [5.74, 6) is 0.560. The van der Waals surface area contributed by atoms with E-state index in [2.05, 4.69) is 15.6 Å². The molecule has 1 aliphatic rings. The number of amides is 1. The molecule has 5 nitrogen and oxygen atoms in total. The molecular formula is C19H27F3N4O. The van der Waals surface area contributed by atoms with Gasteiger partial charge in [-0.25, -0.2) is 4.99 Å². The van der Waals surface area contributed by atoms with Crippen molar-refractivity contribution in [3.05, 3.63) is 35.4 Å². The number of likely N-dealkylation sites (tertiary alicyclic amines) is 1. The van der Waals surface area contributed by atoms with Crippen LogP contribution in [0, 0.1) is 0 Å². The fourth-order valence-corrected chi connectivity index (χ4v) is 2.92. The largest absolute Gasteiger partial charge is 0.416 e. The second-order valence-electron chi connectivity index (χ2n) is 6.51. The van der Waals surface area contributed by atoms with Gasteiger partial charge in [0.15, 0.2) is 5.96 Å². The van der Waals surface area contributed by atoms with E-state index in [9.17, 15) is 18.0 Å². The molecule has 1 saturated heterocycles. The normalized spacial score (nSPS) is 15.6. The maximum Gasteiger partial charge on any atom is 0.416 e. The highest BCUT2D eigenvalue weighted by molar-refractivity contribution is 5.85. The summed E-state index contributed by atoms with van der Waals surface area (Å²) in [4.78, 5) is 18.4. The zero-order chi connectivity index (χ0) is 19.7. The standard InChI is InChI=1S/C19H27F3N4O/c1-2-23-18(25-14-17(27)26-12-4-3-5-13-26)24-11-10-15-6-8-16(9-7-15)19(20,21)22/h6-9H,2-5,10-14H2,1H3,(H2,23,24,25). The molecule has 2 N–H and O–H groups in total. The van der Waals surface area contributed by atoms with Crippen molar-refractivity contribution in [3.8, 4) is 0 Å². The van der Waals surface area contributed by atoms with Gasteiger partial charge in [0, 0.05) is 26.2 Å². The molecule has 0 radical (unpaired) electrons. The van der Waals surface area contributed by atoms with Crippen molar-refractivity contribution < 1.29 is 18.0 Å². The number of halogens is 3. The van der Waals surface area contributed by atoms with Crippen molar-refractivity contribution in [3.63, 3.8) is 0 Å². The van der Waals surface area contributed by atoms with Gasteiger partial charge in [0.25, 0.3) is 0 Å². The molecule has 0 unspecified atom stereocenters. The number of carbonyl (C=O) groups is 1. The first-order chi connectivity index (χ1) is 12.9. The number of nitrogens with zero attached hydrogens (tertiary/aromatic N) is 2. The number of rotatable bonds is 6. The molecule has 27 heavy (non-hydrogen) atoms. The zero-order valence-electron chi connectivity index (χ0n) is 15.6. The van der Waals surface area contributed by atoms with E-state index in [0.29, 0.717) is 25.5 Å². The molecule has 0 aliphatic carbocycles. The van der Waals surface area contributed by atoms with Gasteiger partial charge in [-0.3, -0.25) is 4.79 Å². The van der Waals surface area contributed by atoms with Crippen LogP contribution in [0.2, 0.25) is 0 Å². The van der Waals surface area contributed by atoms with Crippen molar-refractivity contribution in [2.24, 2.45) is 4.99 Å². The Kier molecular flexibility index (Phi) is 7.94. The number of aliphatic imine (C=N–C) groups is 1. The van der Waals surface area contributed by atoms with Gasteiger partial charge in [0.1, 0.15) is 6.54 Å². The molecule has 0 saturated carbocycles. The molecule has 1 aliphatic heterocycles. The second kappa shape index (κ2) is 10.2. The first-order valence-corrected chi connectivity index (χ1v) is 9.36. The quantitative estimate of drug-likeness (QED) is 0.586. The highest BCUT2D eigenvalue weighted by Gasteiger charge is 2.29. The van der Waals surface area contributed by atoms with E-state index in [1.165, 1.54) is 18.6 Å². The minimum absolute atomic E-state index is 0.0228. The predicted molar refractivity (Wildman–Crippen MR) is 99.6 cm³/mol. The van der Waals surface area contributed by atoms with Crippen molar-refractivity contribution in [1.29, 1.82) is 0 Å². The molecule has 1 aromatic rings. The summed E-state index contributed by atoms with van der Waals surface area (Å²) in [5.41, 5.74) is 0.154. The lowest BCUT2D eigenvalue weighted by Crippen LogP contribution is -2.41. The highest BCUT2D eigenvalue weighted by Crippen LogP contribution is 2.29. The van der Waals surface area contributed by atoms with Gasteiger partial charge in [-0.1, -0.05) is 12.1 Å². The molecule has 0 bridgehead atoms. The maximum atomic E-state index is 12.6. The topological polar surface area (TPSA) is 56.7 Å². The van der Waals surface area contributed by atoms with Crippen LogP contribution in [0.4, 0.5) is 13.2 Å². The number of nitrogens with one attached hydrogen (secondary N) is 2. The summed E-state index contributed by atoms with van der Waals surface area (Å²) in [6.45, 7) is 4.78. The number of hydrogen-bond donors (Lipinski definition) is 2. The Morgan fingerprint density at radius 2 is 1.78 bits per heavy atom. The van der Waals surface area contributed by atoms with E-state index >= 15 is 0 Å². The van der Waals surface area contributed by atoms with Crippen LogP contribution in [0.25, 0.3) is 0 Å². The Morgan fingerprint density at radius 3 is 2.37 bits per heavy atom. The maximum absolute atomic E-state index is 12.6. The summed E-state index contributed by atoms with van der Waals surface area (Å²) < 4.78 is 37.7. The minimum atomic E-state index is -4.32. The third kappa shape index (κ3) is 7.11. The lowest BCUT2D eigenvalue weighted by atomic mass is 10.1. The average molecular weight is 384 g/mol. The van der Waals surface area contributed by atoms with Gasteiger partial charge >= 0.3 is 6.18 Å². The molecule has 1 fully saturated rings. The van der Waals surface area contributed by atoms with Gasteiger partial charge in [0.2, 0.25) is 5.91 Å². The van der Waals surface area contributed by atoms with E-state index in [1.54, 1.807) is 0 Å². The molecule has 0 spiro atoms. The lowest BCUT2D eigenvalue weighted by molar-refractivity contribution is -0.137. The zero-order valence-corrected chi connectivity index (χ0v) is 15.6. The van der Waals surface area contributed by atoms with Crippen molar-refractivity contribution in [2.45, 2.75) is 38.8 Å². The Morgan fingerprint density at radius 1 is 1.11 bits per heavy atom. The van der Waals surface area contributed by atoms with E-state index in [1.807, 2.05) is 11.8 Å². The number of piperidine rings is 1. The molecule has 1 aromatic carbocycles. The average Bonchev–Trinajstić information content (AvgIpc) is 2.66. The van der Waals surface area contributed by atoms with Crippen LogP contribution < -0.4 is 10.6 Å². The second-order valence-corrected chi connectivity index (χ2v) is 6.51. The number of guanidine groups is 1. The van der Waals surface area contributed by atoms with Gasteiger partial charge in [0.05, 0.1) is 5.56 Å². The van der Waals surface area contributed by atoms with Crippen molar-refractivity contribution >= 4 is 11.9 Å². The number of hydrogen-bond acceptors (Lipinski definition) is 2. The molecular weight excluding hydrogens is 357 g/mol. The fourth-order valence-electron chi connectivity index (χ4n) is 2.92. The first kappa shape index (κ1) is 21.1. The van der Waals surface area contributed by atoms with Crippen LogP contribution in [-0.2, 0) is 17.4 Å². The van der Waals surface area contributed by atoms with Crippen LogP contribution in [0.1, 0.15) is 37.3 Å². The van der Waals surface area contributed by atoms with Crippen LogP contribution in [0.3, 0.4) is 0 Å². The lowest BCUT2D eigenvalue weighted by Gasteiger charge is -2.26. The summed E-state index contributed by atoms with van der Waals surface area (Å²) in [6, 6.07) is 5.14. The van der Waals surface area contributed by atoms with E-state index in [0.717, 1.165) is 43.6 Å². The summed E-state index contributed by atoms with van der Waals surface area (Å²) in [7, 11) is 0. The molecule has 1 heterocycles. The van der Waals surface area contributed by atoms with Crippen LogP contribution in [0.15, 0.2) is 29.3 Å². The third-order valence-corrected chi connectivity index (χ3v) is 4.41. The Bertz CT molecular complexity index is 623. The van der Waals surface area contributed by atoms with E-state index in [-0.39, 0.29) is 12.5 Å². The summed E-state index contributed by atoms with van der Waals surface area (Å²) in [5, 5.41) is 6.19. The molecule has 1 amide bonds.